The SMILES string of the molecule is Cc1cc([N+](=O)[O-])ccc1N1C(=O)C2C3CC(C2C1=O)C1C2C=CC(C2)C31. The fourth-order valence-electron chi connectivity index (χ4n) is 7.36. The van der Waals surface area contributed by atoms with E-state index in [1.165, 1.54) is 23.5 Å². The lowest BCUT2D eigenvalue weighted by Gasteiger charge is -2.36. The summed E-state index contributed by atoms with van der Waals surface area (Å²) < 4.78 is 0. The van der Waals surface area contributed by atoms with Gasteiger partial charge in [-0.2, -0.15) is 0 Å². The van der Waals surface area contributed by atoms with E-state index in [4.69, 9.17) is 0 Å². The zero-order chi connectivity index (χ0) is 18.6. The minimum Gasteiger partial charge on any atom is -0.274 e. The second-order valence-electron chi connectivity index (χ2n) is 8.96. The third-order valence-electron chi connectivity index (χ3n) is 8.07. The van der Waals surface area contributed by atoms with Gasteiger partial charge in [0.25, 0.3) is 5.69 Å². The van der Waals surface area contributed by atoms with Crippen molar-refractivity contribution in [3.05, 3.63) is 46.0 Å². The maximum atomic E-state index is 13.3. The van der Waals surface area contributed by atoms with E-state index >= 15 is 0 Å². The number of allylic oxidation sites excluding steroid dienone is 2. The van der Waals surface area contributed by atoms with Crippen molar-refractivity contribution >= 4 is 23.2 Å². The number of hydrogen-bond acceptors (Lipinski definition) is 4. The number of imide groups is 1. The Hall–Kier alpha value is -2.50. The van der Waals surface area contributed by atoms with Gasteiger partial charge in [-0.05, 0) is 66.9 Å². The summed E-state index contributed by atoms with van der Waals surface area (Å²) >= 11 is 0. The molecule has 6 rings (SSSR count). The number of rotatable bonds is 2. The molecule has 138 valence electrons. The Morgan fingerprint density at radius 3 is 2.11 bits per heavy atom. The molecule has 2 amide bonds. The van der Waals surface area contributed by atoms with Gasteiger partial charge >= 0.3 is 0 Å². The first-order chi connectivity index (χ1) is 13.0. The second-order valence-corrected chi connectivity index (χ2v) is 8.96. The smallest absolute Gasteiger partial charge is 0.269 e. The molecule has 0 radical (unpaired) electrons. The van der Waals surface area contributed by atoms with Crippen molar-refractivity contribution in [1.82, 2.24) is 0 Å². The van der Waals surface area contributed by atoms with Crippen molar-refractivity contribution in [2.75, 3.05) is 4.90 Å². The van der Waals surface area contributed by atoms with Crippen LogP contribution in [-0.2, 0) is 9.59 Å². The Labute approximate surface area is 156 Å². The summed E-state index contributed by atoms with van der Waals surface area (Å²) in [5.74, 6) is 2.43. The van der Waals surface area contributed by atoms with Gasteiger partial charge in [0.15, 0.2) is 0 Å². The highest BCUT2D eigenvalue weighted by Gasteiger charge is 2.71. The molecule has 0 aromatic heterocycles. The minimum atomic E-state index is -0.455. The lowest BCUT2D eigenvalue weighted by molar-refractivity contribution is -0.384. The number of amides is 2. The van der Waals surface area contributed by atoms with E-state index in [0.717, 1.165) is 6.42 Å². The predicted molar refractivity (Wildman–Crippen MR) is 96.6 cm³/mol. The van der Waals surface area contributed by atoms with E-state index in [1.807, 2.05) is 0 Å². The van der Waals surface area contributed by atoms with E-state index in [9.17, 15) is 19.7 Å². The van der Waals surface area contributed by atoms with Crippen molar-refractivity contribution in [3.63, 3.8) is 0 Å². The number of non-ortho nitro benzene ring substituents is 1. The molecule has 4 aliphatic carbocycles. The zero-order valence-electron chi connectivity index (χ0n) is 14.9. The summed E-state index contributed by atoms with van der Waals surface area (Å²) in [5.41, 5.74) is 1.09. The molecule has 8 atom stereocenters. The maximum Gasteiger partial charge on any atom is 0.269 e. The zero-order valence-corrected chi connectivity index (χ0v) is 14.9. The molecule has 8 unspecified atom stereocenters. The second kappa shape index (κ2) is 4.86. The van der Waals surface area contributed by atoms with E-state index in [1.54, 1.807) is 13.0 Å². The predicted octanol–water partition coefficient (Wildman–Crippen LogP) is 3.10. The van der Waals surface area contributed by atoms with Crippen molar-refractivity contribution in [2.45, 2.75) is 19.8 Å². The maximum absolute atomic E-state index is 13.3. The van der Waals surface area contributed by atoms with E-state index in [-0.39, 0.29) is 29.3 Å². The molecule has 0 N–H and O–H groups in total. The molecule has 1 aromatic carbocycles. The van der Waals surface area contributed by atoms with E-state index < -0.39 is 4.92 Å². The fourth-order valence-corrected chi connectivity index (χ4v) is 7.36. The molecule has 4 fully saturated rings. The fraction of sp³-hybridized carbons (Fsp3) is 0.524. The minimum absolute atomic E-state index is 0.0206. The number of benzene rings is 1. The van der Waals surface area contributed by atoms with Crippen LogP contribution in [-0.4, -0.2) is 16.7 Å². The quantitative estimate of drug-likeness (QED) is 0.265. The standard InChI is InChI=1S/C21H20N2O4/c1-9-6-12(23(26)27)4-5-15(9)22-20(24)18-13-8-14(19(18)21(22)25)17-11-3-2-10(7-11)16(13)17/h2-6,10-11,13-14,16-19H,7-8H2,1H3. The molecule has 5 aliphatic rings. The van der Waals surface area contributed by atoms with Crippen molar-refractivity contribution in [1.29, 1.82) is 0 Å². The van der Waals surface area contributed by atoms with Gasteiger partial charge in [0, 0.05) is 12.1 Å². The number of nitrogens with zero attached hydrogens (tertiary/aromatic N) is 2. The molecule has 27 heavy (non-hydrogen) atoms. The largest absolute Gasteiger partial charge is 0.274 e. The van der Waals surface area contributed by atoms with Crippen molar-refractivity contribution in [2.24, 2.45) is 47.3 Å². The van der Waals surface area contributed by atoms with Gasteiger partial charge in [0.05, 0.1) is 22.4 Å². The van der Waals surface area contributed by atoms with Gasteiger partial charge in [0.1, 0.15) is 0 Å². The highest BCUT2D eigenvalue weighted by molar-refractivity contribution is 6.23. The van der Waals surface area contributed by atoms with E-state index in [0.29, 0.717) is 46.8 Å². The Balaban J connectivity index is 1.39. The van der Waals surface area contributed by atoms with Crippen LogP contribution in [0.25, 0.3) is 0 Å². The van der Waals surface area contributed by atoms with Crippen LogP contribution in [0, 0.1) is 64.4 Å². The summed E-state index contributed by atoms with van der Waals surface area (Å²) in [5, 5.41) is 11.0. The summed E-state index contributed by atoms with van der Waals surface area (Å²) in [4.78, 5) is 38.5. The molecular weight excluding hydrogens is 344 g/mol. The van der Waals surface area contributed by atoms with Crippen LogP contribution in [0.1, 0.15) is 18.4 Å². The number of carbonyl (C=O) groups is 2. The molecule has 6 heteroatoms. The van der Waals surface area contributed by atoms with Crippen molar-refractivity contribution in [3.8, 4) is 0 Å². The third kappa shape index (κ3) is 1.72. The van der Waals surface area contributed by atoms with Crippen LogP contribution in [0.5, 0.6) is 0 Å². The molecule has 1 saturated heterocycles. The van der Waals surface area contributed by atoms with Crippen LogP contribution in [0.4, 0.5) is 11.4 Å². The average molecular weight is 364 g/mol. The number of nitro groups is 1. The molecule has 1 aromatic rings. The van der Waals surface area contributed by atoms with Crippen LogP contribution in [0.15, 0.2) is 30.4 Å². The Kier molecular flexibility index (Phi) is 2.80. The number of fused-ring (bicyclic) bond motifs is 12. The van der Waals surface area contributed by atoms with Crippen LogP contribution in [0.2, 0.25) is 0 Å². The van der Waals surface area contributed by atoms with Gasteiger partial charge in [-0.25, -0.2) is 4.90 Å². The van der Waals surface area contributed by atoms with E-state index in [2.05, 4.69) is 12.2 Å². The lowest BCUT2D eigenvalue weighted by Crippen LogP contribution is -2.38. The molecule has 4 bridgehead atoms. The molecular formula is C21H20N2O4. The monoisotopic (exact) mass is 364 g/mol. The van der Waals surface area contributed by atoms with Gasteiger partial charge in [0.2, 0.25) is 11.8 Å². The Morgan fingerprint density at radius 2 is 1.59 bits per heavy atom. The number of hydrogen-bond donors (Lipinski definition) is 0. The van der Waals surface area contributed by atoms with Crippen LogP contribution < -0.4 is 4.90 Å². The molecule has 3 saturated carbocycles. The topological polar surface area (TPSA) is 80.5 Å². The molecule has 0 spiro atoms. The highest BCUT2D eigenvalue weighted by Crippen LogP contribution is 2.70. The molecule has 1 heterocycles. The first-order valence-corrected chi connectivity index (χ1v) is 9.78. The number of carbonyl (C=O) groups excluding carboxylic acids is 2. The van der Waals surface area contributed by atoms with Gasteiger partial charge in [-0.3, -0.25) is 19.7 Å². The first-order valence-electron chi connectivity index (χ1n) is 9.78. The Bertz CT molecular complexity index is 912. The van der Waals surface area contributed by atoms with Crippen LogP contribution in [0.3, 0.4) is 0 Å². The first kappa shape index (κ1) is 15.5. The normalized spacial score (nSPS) is 42.9. The molecule has 1 aliphatic heterocycles. The van der Waals surface area contributed by atoms with Crippen molar-refractivity contribution < 1.29 is 14.5 Å². The highest BCUT2D eigenvalue weighted by atomic mass is 16.6. The van der Waals surface area contributed by atoms with Gasteiger partial charge in [-0.15, -0.1) is 0 Å². The van der Waals surface area contributed by atoms with Gasteiger partial charge < -0.3 is 0 Å². The molecule has 6 nitrogen and oxygen atoms in total. The van der Waals surface area contributed by atoms with Crippen LogP contribution >= 0.6 is 0 Å². The third-order valence-corrected chi connectivity index (χ3v) is 8.07. The lowest BCUT2D eigenvalue weighted by atomic mass is 9.65. The number of anilines is 1. The van der Waals surface area contributed by atoms with Gasteiger partial charge in [-0.1, -0.05) is 12.2 Å². The summed E-state index contributed by atoms with van der Waals surface area (Å²) in [6, 6.07) is 4.38. The number of nitro benzene ring substituents is 1. The Morgan fingerprint density at radius 1 is 1.00 bits per heavy atom. The summed E-state index contributed by atoms with van der Waals surface area (Å²) in [6.45, 7) is 1.73. The number of aryl methyl sites for hydroxylation is 1. The summed E-state index contributed by atoms with van der Waals surface area (Å²) in [7, 11) is 0. The summed E-state index contributed by atoms with van der Waals surface area (Å²) in [6.07, 6.45) is 6.89. The average Bonchev–Trinajstić information content (AvgIpc) is 3.41.